The van der Waals surface area contributed by atoms with E-state index in [4.69, 9.17) is 9.47 Å². The Hall–Kier alpha value is -0.650. The molecule has 0 aromatic carbocycles. The van der Waals surface area contributed by atoms with Crippen LogP contribution < -0.4 is 5.32 Å². The van der Waals surface area contributed by atoms with Gasteiger partial charge in [0.1, 0.15) is 6.04 Å². The van der Waals surface area contributed by atoms with Crippen LogP contribution >= 0.6 is 0 Å². The Labute approximate surface area is 103 Å². The van der Waals surface area contributed by atoms with E-state index in [2.05, 4.69) is 12.2 Å². The summed E-state index contributed by atoms with van der Waals surface area (Å²) in [5.74, 6) is -0.299. The molecule has 0 aromatic heterocycles. The van der Waals surface area contributed by atoms with Crippen molar-refractivity contribution in [3.63, 3.8) is 0 Å². The molecular formula is C12H25NO4. The Morgan fingerprint density at radius 2 is 2.12 bits per heavy atom. The first-order chi connectivity index (χ1) is 8.11. The molecule has 5 nitrogen and oxygen atoms in total. The van der Waals surface area contributed by atoms with Gasteiger partial charge in [0.15, 0.2) is 0 Å². The Morgan fingerprint density at radius 1 is 1.41 bits per heavy atom. The molecule has 2 N–H and O–H groups in total. The van der Waals surface area contributed by atoms with Crippen LogP contribution in [0.3, 0.4) is 0 Å². The van der Waals surface area contributed by atoms with E-state index in [9.17, 15) is 9.90 Å². The minimum atomic E-state index is -0.594. The zero-order valence-electron chi connectivity index (χ0n) is 11.1. The highest BCUT2D eigenvalue weighted by Crippen LogP contribution is 1.92. The third-order valence-electron chi connectivity index (χ3n) is 2.25. The lowest BCUT2D eigenvalue weighted by Crippen LogP contribution is -2.41. The molecule has 0 aromatic rings. The van der Waals surface area contributed by atoms with Gasteiger partial charge in [-0.1, -0.05) is 13.3 Å². The lowest BCUT2D eigenvalue weighted by molar-refractivity contribution is -0.145. The van der Waals surface area contributed by atoms with E-state index in [1.807, 2.05) is 0 Å². The number of esters is 1. The number of hydrogen-bond donors (Lipinski definition) is 2. The summed E-state index contributed by atoms with van der Waals surface area (Å²) in [6.45, 7) is 7.22. The lowest BCUT2D eigenvalue weighted by atomic mass is 10.3. The van der Waals surface area contributed by atoms with Crippen LogP contribution in [0.4, 0.5) is 0 Å². The SMILES string of the molecule is CCCCOCC(O)CNC(C)C(=O)OCC. The van der Waals surface area contributed by atoms with Crippen LogP contribution in [0.2, 0.25) is 0 Å². The summed E-state index contributed by atoms with van der Waals surface area (Å²) in [4.78, 5) is 11.3. The van der Waals surface area contributed by atoms with Gasteiger partial charge in [0, 0.05) is 13.2 Å². The maximum atomic E-state index is 11.3. The molecule has 5 heteroatoms. The largest absolute Gasteiger partial charge is 0.465 e. The van der Waals surface area contributed by atoms with Crippen molar-refractivity contribution in [2.24, 2.45) is 0 Å². The molecule has 0 radical (unpaired) electrons. The molecule has 102 valence electrons. The molecule has 0 bridgehead atoms. The van der Waals surface area contributed by atoms with Gasteiger partial charge in [-0.25, -0.2) is 0 Å². The van der Waals surface area contributed by atoms with Crippen LogP contribution in [0, 0.1) is 0 Å². The third-order valence-corrected chi connectivity index (χ3v) is 2.25. The zero-order chi connectivity index (χ0) is 13.1. The van der Waals surface area contributed by atoms with E-state index < -0.39 is 12.1 Å². The lowest BCUT2D eigenvalue weighted by Gasteiger charge is -2.16. The molecule has 0 amide bonds. The third kappa shape index (κ3) is 9.09. The first-order valence-corrected chi connectivity index (χ1v) is 6.27. The minimum Gasteiger partial charge on any atom is -0.465 e. The van der Waals surface area contributed by atoms with Crippen LogP contribution in [-0.4, -0.2) is 49.6 Å². The highest BCUT2D eigenvalue weighted by molar-refractivity contribution is 5.75. The molecule has 0 saturated heterocycles. The molecule has 0 heterocycles. The molecule has 0 saturated carbocycles. The molecule has 0 aliphatic rings. The summed E-state index contributed by atoms with van der Waals surface area (Å²) >= 11 is 0. The number of aliphatic hydroxyl groups is 1. The first-order valence-electron chi connectivity index (χ1n) is 6.27. The minimum absolute atomic E-state index is 0.294. The van der Waals surface area contributed by atoms with Crippen molar-refractivity contribution in [2.75, 3.05) is 26.4 Å². The predicted molar refractivity (Wildman–Crippen MR) is 65.8 cm³/mol. The van der Waals surface area contributed by atoms with E-state index in [1.54, 1.807) is 13.8 Å². The van der Waals surface area contributed by atoms with Crippen molar-refractivity contribution in [2.45, 2.75) is 45.8 Å². The van der Waals surface area contributed by atoms with Gasteiger partial charge >= 0.3 is 5.97 Å². The molecule has 0 aliphatic heterocycles. The predicted octanol–water partition coefficient (Wildman–Crippen LogP) is 0.705. The average molecular weight is 247 g/mol. The molecule has 2 atom stereocenters. The number of aliphatic hydroxyl groups excluding tert-OH is 1. The maximum Gasteiger partial charge on any atom is 0.322 e. The number of unbranched alkanes of at least 4 members (excludes halogenated alkanes) is 1. The van der Waals surface area contributed by atoms with Crippen LogP contribution in [0.15, 0.2) is 0 Å². The number of nitrogens with one attached hydrogen (secondary N) is 1. The second-order valence-electron chi connectivity index (χ2n) is 3.96. The van der Waals surface area contributed by atoms with Gasteiger partial charge in [0.2, 0.25) is 0 Å². The number of rotatable bonds is 10. The summed E-state index contributed by atoms with van der Waals surface area (Å²) in [5, 5.41) is 12.5. The summed E-state index contributed by atoms with van der Waals surface area (Å²) < 4.78 is 10.1. The van der Waals surface area contributed by atoms with Crippen molar-refractivity contribution in [3.8, 4) is 0 Å². The molecule has 17 heavy (non-hydrogen) atoms. The molecule has 0 spiro atoms. The standard InChI is InChI=1S/C12H25NO4/c1-4-6-7-16-9-11(14)8-13-10(3)12(15)17-5-2/h10-11,13-14H,4-9H2,1-3H3. The van der Waals surface area contributed by atoms with E-state index in [0.29, 0.717) is 26.4 Å². The van der Waals surface area contributed by atoms with Gasteiger partial charge < -0.3 is 19.9 Å². The highest BCUT2D eigenvalue weighted by Gasteiger charge is 2.14. The van der Waals surface area contributed by atoms with E-state index in [1.165, 1.54) is 0 Å². The summed E-state index contributed by atoms with van der Waals surface area (Å²) in [7, 11) is 0. The zero-order valence-corrected chi connectivity index (χ0v) is 11.1. The van der Waals surface area contributed by atoms with E-state index in [-0.39, 0.29) is 5.97 Å². The molecule has 2 unspecified atom stereocenters. The van der Waals surface area contributed by atoms with Gasteiger partial charge in [-0.05, 0) is 20.3 Å². The summed E-state index contributed by atoms with van der Waals surface area (Å²) in [6.07, 6.45) is 1.48. The van der Waals surface area contributed by atoms with Crippen molar-refractivity contribution < 1.29 is 19.4 Å². The number of carbonyl (C=O) groups excluding carboxylic acids is 1. The average Bonchev–Trinajstić information content (AvgIpc) is 2.32. The fourth-order valence-electron chi connectivity index (χ4n) is 1.19. The summed E-state index contributed by atoms with van der Waals surface area (Å²) in [5.41, 5.74) is 0. The molecule has 0 rings (SSSR count). The molecular weight excluding hydrogens is 222 g/mol. The maximum absolute atomic E-state index is 11.3. The van der Waals surface area contributed by atoms with Crippen molar-refractivity contribution in [3.05, 3.63) is 0 Å². The Balaban J connectivity index is 3.54. The Bertz CT molecular complexity index is 199. The monoisotopic (exact) mass is 247 g/mol. The van der Waals surface area contributed by atoms with Gasteiger partial charge in [0.05, 0.1) is 19.3 Å². The van der Waals surface area contributed by atoms with E-state index in [0.717, 1.165) is 12.8 Å². The Morgan fingerprint density at radius 3 is 2.71 bits per heavy atom. The van der Waals surface area contributed by atoms with Crippen LogP contribution in [-0.2, 0) is 14.3 Å². The smallest absolute Gasteiger partial charge is 0.322 e. The second-order valence-corrected chi connectivity index (χ2v) is 3.96. The number of ether oxygens (including phenoxy) is 2. The van der Waals surface area contributed by atoms with Gasteiger partial charge in [-0.3, -0.25) is 4.79 Å². The topological polar surface area (TPSA) is 67.8 Å². The first kappa shape index (κ1) is 16.4. The van der Waals surface area contributed by atoms with Gasteiger partial charge in [0.25, 0.3) is 0 Å². The van der Waals surface area contributed by atoms with Gasteiger partial charge in [-0.15, -0.1) is 0 Å². The fraction of sp³-hybridized carbons (Fsp3) is 0.917. The van der Waals surface area contributed by atoms with Crippen molar-refractivity contribution >= 4 is 5.97 Å². The van der Waals surface area contributed by atoms with E-state index >= 15 is 0 Å². The van der Waals surface area contributed by atoms with Crippen molar-refractivity contribution in [1.29, 1.82) is 0 Å². The normalized spacial score (nSPS) is 14.4. The number of hydrogen-bond acceptors (Lipinski definition) is 5. The van der Waals surface area contributed by atoms with Gasteiger partial charge in [-0.2, -0.15) is 0 Å². The molecule has 0 fully saturated rings. The summed E-state index contributed by atoms with van der Waals surface area (Å²) in [6, 6.07) is -0.403. The number of carbonyl (C=O) groups is 1. The fourth-order valence-corrected chi connectivity index (χ4v) is 1.19. The van der Waals surface area contributed by atoms with Crippen LogP contribution in [0.1, 0.15) is 33.6 Å². The Kier molecular flexibility index (Phi) is 10.1. The highest BCUT2D eigenvalue weighted by atomic mass is 16.5. The second kappa shape index (κ2) is 10.5. The van der Waals surface area contributed by atoms with Crippen LogP contribution in [0.5, 0.6) is 0 Å². The quantitative estimate of drug-likeness (QED) is 0.439. The van der Waals surface area contributed by atoms with Crippen LogP contribution in [0.25, 0.3) is 0 Å². The molecule has 0 aliphatic carbocycles. The van der Waals surface area contributed by atoms with Crippen molar-refractivity contribution in [1.82, 2.24) is 5.32 Å².